The number of rotatable bonds is 9. The van der Waals surface area contributed by atoms with E-state index in [-0.39, 0.29) is 9.79 Å². The number of carbonyl (C=O) groups is 1. The van der Waals surface area contributed by atoms with E-state index in [0.29, 0.717) is 22.6 Å². The molecular formula is C27H26N4O5S2. The van der Waals surface area contributed by atoms with Gasteiger partial charge in [-0.2, -0.15) is 0 Å². The van der Waals surface area contributed by atoms with Crippen molar-refractivity contribution in [3.05, 3.63) is 108 Å². The van der Waals surface area contributed by atoms with Gasteiger partial charge in [0.1, 0.15) is 6.54 Å². The molecule has 0 saturated carbocycles. The molecule has 196 valence electrons. The highest BCUT2D eigenvalue weighted by Crippen LogP contribution is 2.28. The molecule has 0 spiro atoms. The fraction of sp³-hybridized carbons (Fsp3) is 0.111. The molecule has 0 fully saturated rings. The normalized spacial score (nSPS) is 11.5. The summed E-state index contributed by atoms with van der Waals surface area (Å²) in [7, 11) is -7.91. The lowest BCUT2D eigenvalue weighted by atomic mass is 10.1. The third-order valence-corrected chi connectivity index (χ3v) is 8.77. The van der Waals surface area contributed by atoms with Crippen molar-refractivity contribution in [2.45, 2.75) is 23.6 Å². The Morgan fingerprint density at radius 1 is 0.816 bits per heavy atom. The van der Waals surface area contributed by atoms with E-state index in [1.54, 1.807) is 49.4 Å². The molecule has 11 heteroatoms. The number of anilines is 3. The Morgan fingerprint density at radius 2 is 1.53 bits per heavy atom. The summed E-state index contributed by atoms with van der Waals surface area (Å²) >= 11 is 0. The number of aromatic nitrogens is 1. The zero-order valence-electron chi connectivity index (χ0n) is 20.7. The Kier molecular flexibility index (Phi) is 7.79. The van der Waals surface area contributed by atoms with Crippen LogP contribution in [-0.4, -0.2) is 34.3 Å². The average Bonchev–Trinajstić information content (AvgIpc) is 2.89. The van der Waals surface area contributed by atoms with Crippen molar-refractivity contribution in [2.75, 3.05) is 20.9 Å². The number of sulfonamides is 2. The Bertz CT molecular complexity index is 1640. The maximum atomic E-state index is 13.5. The van der Waals surface area contributed by atoms with E-state index in [9.17, 15) is 21.6 Å². The van der Waals surface area contributed by atoms with Gasteiger partial charge in [-0.25, -0.2) is 16.8 Å². The van der Waals surface area contributed by atoms with Gasteiger partial charge in [-0.15, -0.1) is 0 Å². The quantitative estimate of drug-likeness (QED) is 0.320. The van der Waals surface area contributed by atoms with Crippen molar-refractivity contribution in [3.8, 4) is 0 Å². The van der Waals surface area contributed by atoms with Gasteiger partial charge >= 0.3 is 0 Å². The predicted molar refractivity (Wildman–Crippen MR) is 147 cm³/mol. The fourth-order valence-electron chi connectivity index (χ4n) is 3.79. The minimum Gasteiger partial charge on any atom is -0.325 e. The van der Waals surface area contributed by atoms with Gasteiger partial charge in [0.05, 0.1) is 27.4 Å². The first-order valence-corrected chi connectivity index (χ1v) is 14.5. The summed E-state index contributed by atoms with van der Waals surface area (Å²) in [5.41, 5.74) is 2.68. The highest BCUT2D eigenvalue weighted by atomic mass is 32.2. The summed E-state index contributed by atoms with van der Waals surface area (Å²) in [6.07, 6.45) is 2.92. The zero-order valence-corrected chi connectivity index (χ0v) is 22.3. The largest absolute Gasteiger partial charge is 0.325 e. The molecule has 0 unspecified atom stereocenters. The summed E-state index contributed by atoms with van der Waals surface area (Å²) in [6.45, 7) is 3.20. The van der Waals surface area contributed by atoms with Gasteiger partial charge in [0.25, 0.3) is 20.0 Å². The number of nitrogens with zero attached hydrogens (tertiary/aromatic N) is 2. The summed E-state index contributed by atoms with van der Waals surface area (Å²) < 4.78 is 55.8. The SMILES string of the molecule is Cc1ccc(N(CC(=O)Nc2ccc(S(=O)(=O)Nc3cccnc3)cc2)S(=O)(=O)c2ccccc2)c(C)c1. The second kappa shape index (κ2) is 11.0. The third kappa shape index (κ3) is 6.18. The van der Waals surface area contributed by atoms with E-state index >= 15 is 0 Å². The van der Waals surface area contributed by atoms with Gasteiger partial charge in [-0.3, -0.25) is 18.8 Å². The first-order valence-electron chi connectivity index (χ1n) is 11.5. The van der Waals surface area contributed by atoms with E-state index < -0.39 is 32.5 Å². The molecule has 2 N–H and O–H groups in total. The van der Waals surface area contributed by atoms with E-state index in [1.165, 1.54) is 48.8 Å². The summed E-state index contributed by atoms with van der Waals surface area (Å²) in [5.74, 6) is -0.589. The molecule has 38 heavy (non-hydrogen) atoms. The molecule has 0 aliphatic rings. The van der Waals surface area contributed by atoms with Crippen LogP contribution in [0.2, 0.25) is 0 Å². The van der Waals surface area contributed by atoms with Crippen LogP contribution in [0.3, 0.4) is 0 Å². The molecular weight excluding hydrogens is 524 g/mol. The van der Waals surface area contributed by atoms with Crippen molar-refractivity contribution in [2.24, 2.45) is 0 Å². The maximum absolute atomic E-state index is 13.5. The standard InChI is InChI=1S/C27H26N4O5S2/c1-20-10-15-26(21(2)17-20)31(38(35,36)25-8-4-3-5-9-25)19-27(32)29-22-11-13-24(14-12-22)37(33,34)30-23-7-6-16-28-18-23/h3-18,30H,19H2,1-2H3,(H,29,32). The average molecular weight is 551 g/mol. The smallest absolute Gasteiger partial charge is 0.264 e. The molecule has 0 aliphatic carbocycles. The Morgan fingerprint density at radius 3 is 2.16 bits per heavy atom. The van der Waals surface area contributed by atoms with Crippen molar-refractivity contribution in [1.82, 2.24) is 4.98 Å². The number of hydrogen-bond acceptors (Lipinski definition) is 6. The van der Waals surface area contributed by atoms with Crippen LogP contribution in [0.1, 0.15) is 11.1 Å². The zero-order chi connectivity index (χ0) is 27.3. The summed E-state index contributed by atoms with van der Waals surface area (Å²) in [6, 6.07) is 21.9. The van der Waals surface area contributed by atoms with Crippen LogP contribution in [0.4, 0.5) is 17.1 Å². The Labute approximate surface area is 222 Å². The highest BCUT2D eigenvalue weighted by molar-refractivity contribution is 7.93. The van der Waals surface area contributed by atoms with Crippen LogP contribution in [0, 0.1) is 13.8 Å². The number of benzene rings is 3. The molecule has 0 atom stereocenters. The van der Waals surface area contributed by atoms with Crippen LogP contribution in [0.25, 0.3) is 0 Å². The minimum atomic E-state index is -4.05. The second-order valence-electron chi connectivity index (χ2n) is 8.53. The minimum absolute atomic E-state index is 0.0112. The fourth-order valence-corrected chi connectivity index (χ4v) is 6.34. The van der Waals surface area contributed by atoms with Crippen LogP contribution < -0.4 is 14.3 Å². The molecule has 1 heterocycles. The third-order valence-electron chi connectivity index (χ3n) is 5.60. The molecule has 1 aromatic heterocycles. The number of hydrogen-bond donors (Lipinski definition) is 2. The number of aryl methyl sites for hydroxylation is 2. The molecule has 4 rings (SSSR count). The van der Waals surface area contributed by atoms with Gasteiger partial charge in [-0.05, 0) is 74.0 Å². The predicted octanol–water partition coefficient (Wildman–Crippen LogP) is 4.33. The Balaban J connectivity index is 1.55. The van der Waals surface area contributed by atoms with Crippen LogP contribution in [-0.2, 0) is 24.8 Å². The monoisotopic (exact) mass is 550 g/mol. The maximum Gasteiger partial charge on any atom is 0.264 e. The van der Waals surface area contributed by atoms with Gasteiger partial charge in [0.2, 0.25) is 5.91 Å². The number of nitrogens with one attached hydrogen (secondary N) is 2. The van der Waals surface area contributed by atoms with Crippen LogP contribution >= 0.6 is 0 Å². The lowest BCUT2D eigenvalue weighted by molar-refractivity contribution is -0.114. The van der Waals surface area contributed by atoms with Crippen molar-refractivity contribution in [3.63, 3.8) is 0 Å². The first-order chi connectivity index (χ1) is 18.1. The topological polar surface area (TPSA) is 126 Å². The molecule has 0 aliphatic heterocycles. The molecule has 0 bridgehead atoms. The number of carbonyl (C=O) groups excluding carboxylic acids is 1. The van der Waals surface area contributed by atoms with Gasteiger partial charge in [-0.1, -0.05) is 35.9 Å². The number of amides is 1. The second-order valence-corrected chi connectivity index (χ2v) is 12.1. The summed E-state index contributed by atoms with van der Waals surface area (Å²) in [4.78, 5) is 16.9. The molecule has 0 radical (unpaired) electrons. The molecule has 3 aromatic carbocycles. The van der Waals surface area contributed by atoms with E-state index in [1.807, 2.05) is 13.0 Å². The van der Waals surface area contributed by atoms with Crippen molar-refractivity contribution in [1.29, 1.82) is 0 Å². The van der Waals surface area contributed by atoms with E-state index in [4.69, 9.17) is 0 Å². The van der Waals surface area contributed by atoms with Crippen molar-refractivity contribution < 1.29 is 21.6 Å². The summed E-state index contributed by atoms with van der Waals surface area (Å²) in [5, 5.41) is 2.65. The van der Waals surface area contributed by atoms with Gasteiger partial charge in [0, 0.05) is 11.9 Å². The van der Waals surface area contributed by atoms with Gasteiger partial charge < -0.3 is 5.32 Å². The molecule has 9 nitrogen and oxygen atoms in total. The first kappa shape index (κ1) is 26.8. The van der Waals surface area contributed by atoms with Crippen molar-refractivity contribution >= 4 is 43.0 Å². The van der Waals surface area contributed by atoms with Gasteiger partial charge in [0.15, 0.2) is 0 Å². The number of pyridine rings is 1. The lowest BCUT2D eigenvalue weighted by Gasteiger charge is -2.26. The van der Waals surface area contributed by atoms with E-state index in [2.05, 4.69) is 15.0 Å². The molecule has 1 amide bonds. The molecule has 0 saturated heterocycles. The lowest BCUT2D eigenvalue weighted by Crippen LogP contribution is -2.38. The highest BCUT2D eigenvalue weighted by Gasteiger charge is 2.28. The van der Waals surface area contributed by atoms with Crippen LogP contribution in [0.15, 0.2) is 107 Å². The van der Waals surface area contributed by atoms with E-state index in [0.717, 1.165) is 9.87 Å². The molecule has 4 aromatic rings. The Hall–Kier alpha value is -4.22. The van der Waals surface area contributed by atoms with Crippen LogP contribution in [0.5, 0.6) is 0 Å².